The van der Waals surface area contributed by atoms with E-state index in [1.54, 1.807) is 17.0 Å². The maximum absolute atomic E-state index is 14.3. The molecule has 0 N–H and O–H groups in total. The van der Waals surface area contributed by atoms with E-state index < -0.39 is 5.82 Å². The molecular formula is C25H21FN2OS. The van der Waals surface area contributed by atoms with E-state index in [-0.39, 0.29) is 11.5 Å². The van der Waals surface area contributed by atoms with Crippen molar-refractivity contribution in [2.75, 3.05) is 11.4 Å². The highest BCUT2D eigenvalue weighted by molar-refractivity contribution is 7.14. The molecule has 0 radical (unpaired) electrons. The average Bonchev–Trinajstić information content (AvgIpc) is 3.25. The van der Waals surface area contributed by atoms with Crippen LogP contribution in [-0.4, -0.2) is 17.4 Å². The van der Waals surface area contributed by atoms with Crippen LogP contribution < -0.4 is 4.90 Å². The van der Waals surface area contributed by atoms with Crippen molar-refractivity contribution in [3.05, 3.63) is 107 Å². The molecule has 0 saturated heterocycles. The van der Waals surface area contributed by atoms with Gasteiger partial charge in [-0.2, -0.15) is 0 Å². The van der Waals surface area contributed by atoms with Gasteiger partial charge in [0.05, 0.1) is 11.3 Å². The van der Waals surface area contributed by atoms with E-state index >= 15 is 0 Å². The van der Waals surface area contributed by atoms with Crippen LogP contribution in [0, 0.1) is 12.7 Å². The Morgan fingerprint density at radius 3 is 2.40 bits per heavy atom. The minimum absolute atomic E-state index is 0.0534. The lowest BCUT2D eigenvalue weighted by Crippen LogP contribution is -2.33. The number of rotatable bonds is 6. The first kappa shape index (κ1) is 20.0. The van der Waals surface area contributed by atoms with Gasteiger partial charge in [0.2, 0.25) is 0 Å². The van der Waals surface area contributed by atoms with E-state index in [4.69, 9.17) is 4.98 Å². The number of thiazole rings is 1. The summed E-state index contributed by atoms with van der Waals surface area (Å²) in [6.07, 6.45) is 0.653. The number of aryl methyl sites for hydroxylation is 1. The second kappa shape index (κ2) is 9.01. The number of hydrogen-bond acceptors (Lipinski definition) is 3. The molecule has 1 aromatic heterocycles. The van der Waals surface area contributed by atoms with Gasteiger partial charge >= 0.3 is 0 Å². The zero-order valence-corrected chi connectivity index (χ0v) is 17.4. The Balaban J connectivity index is 1.65. The van der Waals surface area contributed by atoms with Crippen molar-refractivity contribution in [1.29, 1.82) is 0 Å². The van der Waals surface area contributed by atoms with E-state index in [9.17, 15) is 9.18 Å². The van der Waals surface area contributed by atoms with Crippen LogP contribution in [0.1, 0.15) is 21.5 Å². The monoisotopic (exact) mass is 416 g/mol. The number of anilines is 1. The summed E-state index contributed by atoms with van der Waals surface area (Å²) >= 11 is 1.39. The number of amides is 1. The maximum atomic E-state index is 14.3. The highest BCUT2D eigenvalue weighted by Crippen LogP contribution is 2.29. The summed E-state index contributed by atoms with van der Waals surface area (Å²) in [6, 6.07) is 24.1. The SMILES string of the molecule is Cc1ccc(-c2csc(N(CCc3ccccc3)C(=O)c3ccccc3F)n2)cc1. The second-order valence-corrected chi connectivity index (χ2v) is 7.89. The lowest BCUT2D eigenvalue weighted by atomic mass is 10.1. The van der Waals surface area contributed by atoms with Crippen LogP contribution in [0.4, 0.5) is 9.52 Å². The molecule has 5 heteroatoms. The predicted octanol–water partition coefficient (Wildman–Crippen LogP) is 6.15. The summed E-state index contributed by atoms with van der Waals surface area (Å²) in [5, 5.41) is 2.50. The molecule has 0 bridgehead atoms. The molecular weight excluding hydrogens is 395 g/mol. The molecule has 0 saturated carbocycles. The topological polar surface area (TPSA) is 33.2 Å². The number of benzene rings is 3. The number of aromatic nitrogens is 1. The maximum Gasteiger partial charge on any atom is 0.263 e. The summed E-state index contributed by atoms with van der Waals surface area (Å²) in [5.74, 6) is -0.906. The van der Waals surface area contributed by atoms with Gasteiger partial charge in [-0.3, -0.25) is 9.69 Å². The van der Waals surface area contributed by atoms with Gasteiger partial charge in [0, 0.05) is 17.5 Å². The summed E-state index contributed by atoms with van der Waals surface area (Å²) in [5.41, 5.74) is 4.13. The molecule has 4 rings (SSSR count). The first-order valence-electron chi connectivity index (χ1n) is 9.75. The van der Waals surface area contributed by atoms with Gasteiger partial charge in [-0.25, -0.2) is 9.37 Å². The van der Waals surface area contributed by atoms with Crippen molar-refractivity contribution in [1.82, 2.24) is 4.98 Å². The zero-order valence-electron chi connectivity index (χ0n) is 16.6. The molecule has 3 nitrogen and oxygen atoms in total. The Kier molecular flexibility index (Phi) is 6.00. The molecule has 0 aliphatic rings. The van der Waals surface area contributed by atoms with Crippen LogP contribution in [0.3, 0.4) is 0 Å². The molecule has 0 fully saturated rings. The fraction of sp³-hybridized carbons (Fsp3) is 0.120. The molecule has 0 unspecified atom stereocenters. The normalized spacial score (nSPS) is 10.7. The molecule has 0 aliphatic heterocycles. The van der Waals surface area contributed by atoms with Gasteiger partial charge in [-0.05, 0) is 31.0 Å². The van der Waals surface area contributed by atoms with Gasteiger partial charge in [0.1, 0.15) is 5.82 Å². The standard InChI is InChI=1S/C25H21FN2OS/c1-18-11-13-20(14-12-18)23-17-30-25(27-23)28(16-15-19-7-3-2-4-8-19)24(29)21-9-5-6-10-22(21)26/h2-14,17H,15-16H2,1H3. The highest BCUT2D eigenvalue weighted by Gasteiger charge is 2.23. The lowest BCUT2D eigenvalue weighted by molar-refractivity contribution is 0.0983. The number of carbonyl (C=O) groups excluding carboxylic acids is 1. The second-order valence-electron chi connectivity index (χ2n) is 7.05. The summed E-state index contributed by atoms with van der Waals surface area (Å²) in [7, 11) is 0. The van der Waals surface area contributed by atoms with E-state index in [1.807, 2.05) is 66.9 Å². The molecule has 150 valence electrons. The third kappa shape index (κ3) is 4.47. The van der Waals surface area contributed by atoms with Crippen molar-refractivity contribution >= 4 is 22.4 Å². The minimum Gasteiger partial charge on any atom is -0.284 e. The largest absolute Gasteiger partial charge is 0.284 e. The van der Waals surface area contributed by atoms with Crippen LogP contribution in [0.25, 0.3) is 11.3 Å². The number of nitrogens with zero attached hydrogens (tertiary/aromatic N) is 2. The molecule has 1 amide bonds. The molecule has 4 aromatic rings. The molecule has 3 aromatic carbocycles. The zero-order chi connectivity index (χ0) is 20.9. The van der Waals surface area contributed by atoms with E-state index in [0.29, 0.717) is 18.1 Å². The van der Waals surface area contributed by atoms with Crippen LogP contribution >= 0.6 is 11.3 Å². The van der Waals surface area contributed by atoms with Crippen LogP contribution in [0.2, 0.25) is 0 Å². The Morgan fingerprint density at radius 2 is 1.67 bits per heavy atom. The Hall–Kier alpha value is -3.31. The summed E-state index contributed by atoms with van der Waals surface area (Å²) in [4.78, 5) is 19.5. The van der Waals surface area contributed by atoms with Gasteiger partial charge in [-0.1, -0.05) is 72.3 Å². The van der Waals surface area contributed by atoms with Gasteiger partial charge in [-0.15, -0.1) is 11.3 Å². The van der Waals surface area contributed by atoms with Gasteiger partial charge in [0.25, 0.3) is 5.91 Å². The molecule has 30 heavy (non-hydrogen) atoms. The third-order valence-electron chi connectivity index (χ3n) is 4.89. The molecule has 0 atom stereocenters. The fourth-order valence-corrected chi connectivity index (χ4v) is 4.05. The Labute approximate surface area is 179 Å². The van der Waals surface area contributed by atoms with E-state index in [0.717, 1.165) is 16.8 Å². The first-order valence-corrected chi connectivity index (χ1v) is 10.6. The summed E-state index contributed by atoms with van der Waals surface area (Å²) in [6.45, 7) is 2.45. The Bertz CT molecular complexity index is 1140. The molecule has 0 spiro atoms. The van der Waals surface area contributed by atoms with Gasteiger partial charge < -0.3 is 0 Å². The summed E-state index contributed by atoms with van der Waals surface area (Å²) < 4.78 is 14.3. The fourth-order valence-electron chi connectivity index (χ4n) is 3.19. The van der Waals surface area contributed by atoms with Gasteiger partial charge in [0.15, 0.2) is 5.13 Å². The quantitative estimate of drug-likeness (QED) is 0.378. The predicted molar refractivity (Wildman–Crippen MR) is 121 cm³/mol. The lowest BCUT2D eigenvalue weighted by Gasteiger charge is -2.20. The minimum atomic E-state index is -0.525. The first-order chi connectivity index (χ1) is 14.6. The number of hydrogen-bond donors (Lipinski definition) is 0. The van der Waals surface area contributed by atoms with Crippen molar-refractivity contribution < 1.29 is 9.18 Å². The van der Waals surface area contributed by atoms with Crippen LogP contribution in [0.5, 0.6) is 0 Å². The molecule has 1 heterocycles. The van der Waals surface area contributed by atoms with E-state index in [1.165, 1.54) is 29.0 Å². The highest BCUT2D eigenvalue weighted by atomic mass is 32.1. The van der Waals surface area contributed by atoms with E-state index in [2.05, 4.69) is 0 Å². The molecule has 0 aliphatic carbocycles. The van der Waals surface area contributed by atoms with Crippen molar-refractivity contribution in [2.24, 2.45) is 0 Å². The van der Waals surface area contributed by atoms with Crippen LogP contribution in [0.15, 0.2) is 84.2 Å². The van der Waals surface area contributed by atoms with Crippen molar-refractivity contribution in [3.63, 3.8) is 0 Å². The average molecular weight is 417 g/mol. The third-order valence-corrected chi connectivity index (χ3v) is 5.75. The number of carbonyl (C=O) groups is 1. The number of halogens is 1. The van der Waals surface area contributed by atoms with Crippen LogP contribution in [-0.2, 0) is 6.42 Å². The van der Waals surface area contributed by atoms with Crippen molar-refractivity contribution in [3.8, 4) is 11.3 Å². The Morgan fingerprint density at radius 1 is 0.967 bits per heavy atom. The smallest absolute Gasteiger partial charge is 0.263 e. The van der Waals surface area contributed by atoms with Crippen molar-refractivity contribution in [2.45, 2.75) is 13.3 Å².